The molecular weight excluding hydrogens is 272 g/mol. The highest BCUT2D eigenvalue weighted by atomic mass is 16.3. The predicted octanol–water partition coefficient (Wildman–Crippen LogP) is 3.37. The van der Waals surface area contributed by atoms with E-state index in [1.807, 2.05) is 0 Å². The van der Waals surface area contributed by atoms with Crippen LogP contribution in [0.2, 0.25) is 0 Å². The molecule has 3 nitrogen and oxygen atoms in total. The summed E-state index contributed by atoms with van der Waals surface area (Å²) in [7, 11) is 4.15. The molecule has 3 rings (SSSR count). The highest BCUT2D eigenvalue weighted by Gasteiger charge is 2.20. The molecule has 1 heterocycles. The van der Waals surface area contributed by atoms with Crippen LogP contribution in [-0.4, -0.2) is 32.4 Å². The summed E-state index contributed by atoms with van der Waals surface area (Å²) in [6, 6.07) is 15.4. The Balaban J connectivity index is 2.10. The maximum absolute atomic E-state index is 9.27. The summed E-state index contributed by atoms with van der Waals surface area (Å²) in [5.41, 5.74) is 6.56. The van der Waals surface area contributed by atoms with E-state index >= 15 is 0 Å². The van der Waals surface area contributed by atoms with Crippen molar-refractivity contribution in [2.45, 2.75) is 19.3 Å². The van der Waals surface area contributed by atoms with Gasteiger partial charge in [0.25, 0.3) is 0 Å². The lowest BCUT2D eigenvalue weighted by molar-refractivity contribution is 0.291. The molecule has 0 saturated heterocycles. The minimum absolute atomic E-state index is 0.224. The van der Waals surface area contributed by atoms with E-state index in [4.69, 9.17) is 0 Å². The molecule has 0 aliphatic carbocycles. The molecule has 116 valence electrons. The molecule has 0 bridgehead atoms. The van der Waals surface area contributed by atoms with Crippen molar-refractivity contribution in [3.8, 4) is 0 Å². The van der Waals surface area contributed by atoms with Crippen molar-refractivity contribution in [3.05, 3.63) is 53.6 Å². The molecule has 0 saturated carbocycles. The summed E-state index contributed by atoms with van der Waals surface area (Å²) in [5.74, 6) is 0. The summed E-state index contributed by atoms with van der Waals surface area (Å²) in [5, 5.41) is 9.27. The zero-order valence-electron chi connectivity index (χ0n) is 13.4. The number of aliphatic hydroxyl groups excluding tert-OH is 1. The van der Waals surface area contributed by atoms with Gasteiger partial charge in [0.2, 0.25) is 0 Å². The second-order valence-electron chi connectivity index (χ2n) is 6.06. The number of para-hydroxylation sites is 1. The summed E-state index contributed by atoms with van der Waals surface area (Å²) in [6.07, 6.45) is 2.91. The van der Waals surface area contributed by atoms with Crippen molar-refractivity contribution in [1.29, 1.82) is 0 Å². The molecule has 1 N–H and O–H groups in total. The Morgan fingerprint density at radius 1 is 1.00 bits per heavy atom. The van der Waals surface area contributed by atoms with Crippen LogP contribution in [0.25, 0.3) is 0 Å². The Morgan fingerprint density at radius 3 is 2.45 bits per heavy atom. The van der Waals surface area contributed by atoms with Gasteiger partial charge in [-0.15, -0.1) is 0 Å². The molecule has 0 aromatic heterocycles. The van der Waals surface area contributed by atoms with Gasteiger partial charge in [0.15, 0.2) is 0 Å². The molecular formula is C19H24N2O. The van der Waals surface area contributed by atoms with Gasteiger partial charge in [-0.05, 0) is 48.6 Å². The lowest BCUT2D eigenvalue weighted by Crippen LogP contribution is -2.21. The normalized spacial score (nSPS) is 13.3. The SMILES string of the molecule is CN(C)c1ccc2c(c1)N(CCCO)c1ccccc1CC2. The fraction of sp³-hybridized carbons (Fsp3) is 0.368. The Labute approximate surface area is 132 Å². The molecule has 2 aromatic carbocycles. The van der Waals surface area contributed by atoms with Crippen molar-refractivity contribution in [1.82, 2.24) is 0 Å². The van der Waals surface area contributed by atoms with Crippen molar-refractivity contribution in [2.75, 3.05) is 37.0 Å². The standard InChI is InChI=1S/C19H24N2O/c1-20(2)17-11-10-16-9-8-15-6-3-4-7-18(15)21(12-5-13-22)19(16)14-17/h3-4,6-7,10-11,14,22H,5,8-9,12-13H2,1-2H3. The smallest absolute Gasteiger partial charge is 0.0464 e. The first-order chi connectivity index (χ1) is 10.7. The fourth-order valence-electron chi connectivity index (χ4n) is 3.15. The topological polar surface area (TPSA) is 26.7 Å². The van der Waals surface area contributed by atoms with Crippen LogP contribution in [-0.2, 0) is 12.8 Å². The molecule has 1 aliphatic heterocycles. The summed E-state index contributed by atoms with van der Waals surface area (Å²) in [4.78, 5) is 4.52. The molecule has 3 heteroatoms. The number of nitrogens with zero attached hydrogens (tertiary/aromatic N) is 2. The predicted molar refractivity (Wildman–Crippen MR) is 93.3 cm³/mol. The zero-order chi connectivity index (χ0) is 15.5. The number of aryl methyl sites for hydroxylation is 2. The summed E-state index contributed by atoms with van der Waals surface area (Å²) >= 11 is 0. The Kier molecular flexibility index (Phi) is 4.34. The molecule has 22 heavy (non-hydrogen) atoms. The van der Waals surface area contributed by atoms with Crippen LogP contribution in [0.1, 0.15) is 17.5 Å². The number of aliphatic hydroxyl groups is 1. The quantitative estimate of drug-likeness (QED) is 0.937. The Morgan fingerprint density at radius 2 is 1.73 bits per heavy atom. The van der Waals surface area contributed by atoms with Gasteiger partial charge in [0.05, 0.1) is 0 Å². The molecule has 2 aromatic rings. The number of hydrogen-bond acceptors (Lipinski definition) is 3. The van der Waals surface area contributed by atoms with Gasteiger partial charge in [-0.25, -0.2) is 0 Å². The molecule has 0 radical (unpaired) electrons. The molecule has 1 aliphatic rings. The lowest BCUT2D eigenvalue weighted by atomic mass is 10.0. The zero-order valence-corrected chi connectivity index (χ0v) is 13.4. The third kappa shape index (κ3) is 2.81. The Bertz CT molecular complexity index is 652. The van der Waals surface area contributed by atoms with Gasteiger partial charge < -0.3 is 14.9 Å². The van der Waals surface area contributed by atoms with Crippen molar-refractivity contribution >= 4 is 17.1 Å². The number of benzene rings is 2. The fourth-order valence-corrected chi connectivity index (χ4v) is 3.15. The van der Waals surface area contributed by atoms with Gasteiger partial charge in [0.1, 0.15) is 0 Å². The molecule has 0 spiro atoms. The van der Waals surface area contributed by atoms with E-state index in [1.165, 1.54) is 28.2 Å². The highest BCUT2D eigenvalue weighted by molar-refractivity contribution is 5.74. The number of rotatable bonds is 4. The van der Waals surface area contributed by atoms with Crippen LogP contribution >= 0.6 is 0 Å². The summed E-state index contributed by atoms with van der Waals surface area (Å²) in [6.45, 7) is 1.07. The highest BCUT2D eigenvalue weighted by Crippen LogP contribution is 2.37. The van der Waals surface area contributed by atoms with E-state index in [1.54, 1.807) is 0 Å². The van der Waals surface area contributed by atoms with Crippen LogP contribution in [0.5, 0.6) is 0 Å². The number of hydrogen-bond donors (Lipinski definition) is 1. The number of fused-ring (bicyclic) bond motifs is 2. The average Bonchev–Trinajstić information content (AvgIpc) is 2.69. The van der Waals surface area contributed by atoms with E-state index in [-0.39, 0.29) is 6.61 Å². The van der Waals surface area contributed by atoms with Crippen molar-refractivity contribution in [3.63, 3.8) is 0 Å². The van der Waals surface area contributed by atoms with Gasteiger partial charge in [-0.1, -0.05) is 24.3 Å². The first-order valence-electron chi connectivity index (χ1n) is 7.97. The van der Waals surface area contributed by atoms with Gasteiger partial charge >= 0.3 is 0 Å². The minimum Gasteiger partial charge on any atom is -0.396 e. The monoisotopic (exact) mass is 296 g/mol. The molecule has 0 amide bonds. The molecule has 0 atom stereocenters. The maximum Gasteiger partial charge on any atom is 0.0464 e. The largest absolute Gasteiger partial charge is 0.396 e. The first kappa shape index (κ1) is 14.9. The number of anilines is 3. The average molecular weight is 296 g/mol. The third-order valence-electron chi connectivity index (χ3n) is 4.36. The van der Waals surface area contributed by atoms with E-state index in [9.17, 15) is 5.11 Å². The van der Waals surface area contributed by atoms with Crippen LogP contribution in [0.4, 0.5) is 17.1 Å². The molecule has 0 unspecified atom stereocenters. The van der Waals surface area contributed by atoms with Gasteiger partial charge in [-0.3, -0.25) is 0 Å². The summed E-state index contributed by atoms with van der Waals surface area (Å²) < 4.78 is 0. The third-order valence-corrected chi connectivity index (χ3v) is 4.36. The van der Waals surface area contributed by atoms with Crippen molar-refractivity contribution < 1.29 is 5.11 Å². The minimum atomic E-state index is 0.224. The van der Waals surface area contributed by atoms with Gasteiger partial charge in [0, 0.05) is 44.3 Å². The van der Waals surface area contributed by atoms with Crippen LogP contribution in [0.15, 0.2) is 42.5 Å². The lowest BCUT2D eigenvalue weighted by Gasteiger charge is -2.28. The van der Waals surface area contributed by atoms with E-state index in [0.29, 0.717) is 0 Å². The second-order valence-corrected chi connectivity index (χ2v) is 6.06. The van der Waals surface area contributed by atoms with Crippen molar-refractivity contribution in [2.24, 2.45) is 0 Å². The van der Waals surface area contributed by atoms with Crippen LogP contribution < -0.4 is 9.80 Å². The van der Waals surface area contributed by atoms with Crippen LogP contribution in [0.3, 0.4) is 0 Å². The van der Waals surface area contributed by atoms with E-state index in [0.717, 1.165) is 25.8 Å². The maximum atomic E-state index is 9.27. The van der Waals surface area contributed by atoms with E-state index < -0.39 is 0 Å². The molecule has 0 fully saturated rings. The Hall–Kier alpha value is -2.00. The first-order valence-corrected chi connectivity index (χ1v) is 7.97. The van der Waals surface area contributed by atoms with Gasteiger partial charge in [-0.2, -0.15) is 0 Å². The van der Waals surface area contributed by atoms with E-state index in [2.05, 4.69) is 66.4 Å². The van der Waals surface area contributed by atoms with Crippen LogP contribution in [0, 0.1) is 0 Å². The second kappa shape index (κ2) is 6.41.